The lowest BCUT2D eigenvalue weighted by Gasteiger charge is -2.00. The maximum absolute atomic E-state index is 11.6. The second-order valence-electron chi connectivity index (χ2n) is 4.43. The highest BCUT2D eigenvalue weighted by atomic mass is 32.1. The van der Waals surface area contributed by atoms with Crippen LogP contribution in [0.2, 0.25) is 0 Å². The van der Waals surface area contributed by atoms with E-state index in [0.717, 1.165) is 6.42 Å². The highest BCUT2D eigenvalue weighted by Gasteiger charge is 2.07. The van der Waals surface area contributed by atoms with Crippen LogP contribution in [-0.2, 0) is 0 Å². The molecule has 0 N–H and O–H groups in total. The van der Waals surface area contributed by atoms with Crippen molar-refractivity contribution in [2.24, 2.45) is 0 Å². The molecule has 17 heavy (non-hydrogen) atoms. The van der Waals surface area contributed by atoms with Crippen molar-refractivity contribution >= 4 is 17.3 Å². The number of rotatable bonds is 10. The van der Waals surface area contributed by atoms with Gasteiger partial charge in [0, 0.05) is 6.42 Å². The highest BCUT2D eigenvalue weighted by Crippen LogP contribution is 2.12. The number of unbranched alkanes of at least 4 members (excludes halogenated alkanes) is 7. The molecule has 0 aliphatic carbocycles. The van der Waals surface area contributed by atoms with Gasteiger partial charge in [-0.25, -0.2) is 0 Å². The van der Waals surface area contributed by atoms with E-state index < -0.39 is 0 Å². The van der Waals surface area contributed by atoms with Gasteiger partial charge in [0.2, 0.25) is 0 Å². The summed E-state index contributed by atoms with van der Waals surface area (Å²) in [5.41, 5.74) is 0. The summed E-state index contributed by atoms with van der Waals surface area (Å²) >= 11 is 1.20. The summed E-state index contributed by atoms with van der Waals surface area (Å²) in [6, 6.07) is 0. The molecule has 4 heteroatoms. The number of carbonyl (C=O) groups excluding carboxylic acids is 1. The van der Waals surface area contributed by atoms with Crippen molar-refractivity contribution in [3.8, 4) is 0 Å². The Morgan fingerprint density at radius 2 is 1.76 bits per heavy atom. The second-order valence-corrected chi connectivity index (χ2v) is 5.22. The zero-order chi connectivity index (χ0) is 12.3. The van der Waals surface area contributed by atoms with Crippen LogP contribution in [0.1, 0.15) is 74.4 Å². The van der Waals surface area contributed by atoms with Crippen LogP contribution in [0.3, 0.4) is 0 Å². The minimum Gasteiger partial charge on any atom is -0.293 e. The summed E-state index contributed by atoms with van der Waals surface area (Å²) < 4.78 is 3.70. The van der Waals surface area contributed by atoms with Gasteiger partial charge in [0.15, 0.2) is 5.78 Å². The predicted octanol–water partition coefficient (Wildman–Crippen LogP) is 4.25. The summed E-state index contributed by atoms with van der Waals surface area (Å²) in [7, 11) is 0. The molecule has 0 saturated carbocycles. The first-order valence-corrected chi connectivity index (χ1v) is 7.42. The van der Waals surface area contributed by atoms with Gasteiger partial charge in [-0.3, -0.25) is 4.79 Å². The summed E-state index contributed by atoms with van der Waals surface area (Å²) in [5.74, 6) is 0.200. The molecular formula is C13H22N2OS. The quantitative estimate of drug-likeness (QED) is 0.463. The van der Waals surface area contributed by atoms with Gasteiger partial charge in [-0.2, -0.15) is 0 Å². The molecule has 0 aromatic carbocycles. The van der Waals surface area contributed by atoms with Crippen LogP contribution < -0.4 is 0 Å². The van der Waals surface area contributed by atoms with Gasteiger partial charge in [-0.05, 0) is 18.0 Å². The lowest BCUT2D eigenvalue weighted by molar-refractivity contribution is 0.0983. The third-order valence-electron chi connectivity index (χ3n) is 2.89. The van der Waals surface area contributed by atoms with E-state index in [1.807, 2.05) is 0 Å². The first-order chi connectivity index (χ1) is 8.34. The molecule has 0 fully saturated rings. The summed E-state index contributed by atoms with van der Waals surface area (Å²) in [4.78, 5) is 12.3. The van der Waals surface area contributed by atoms with E-state index in [9.17, 15) is 4.79 Å². The van der Waals surface area contributed by atoms with E-state index in [2.05, 4.69) is 16.5 Å². The summed E-state index contributed by atoms with van der Waals surface area (Å²) in [5, 5.41) is 3.68. The van der Waals surface area contributed by atoms with Crippen LogP contribution in [0.4, 0.5) is 0 Å². The molecule has 0 saturated heterocycles. The van der Waals surface area contributed by atoms with Crippen molar-refractivity contribution in [3.63, 3.8) is 0 Å². The molecule has 0 aliphatic heterocycles. The molecule has 0 amide bonds. The number of aromatic nitrogens is 2. The Labute approximate surface area is 108 Å². The zero-order valence-corrected chi connectivity index (χ0v) is 11.5. The maximum Gasteiger partial charge on any atom is 0.176 e. The molecule has 0 aliphatic rings. The van der Waals surface area contributed by atoms with Crippen LogP contribution in [0.5, 0.6) is 0 Å². The SMILES string of the molecule is CCCCCCCCCCC(=O)c1cnns1. The minimum atomic E-state index is 0.200. The minimum absolute atomic E-state index is 0.200. The number of Topliss-reactive ketones (excluding diaryl/α,β-unsaturated/α-hetero) is 1. The number of nitrogens with zero attached hydrogens (tertiary/aromatic N) is 2. The van der Waals surface area contributed by atoms with Gasteiger partial charge in [-0.15, -0.1) is 5.10 Å². The topological polar surface area (TPSA) is 42.9 Å². The molecule has 0 radical (unpaired) electrons. The van der Waals surface area contributed by atoms with Gasteiger partial charge >= 0.3 is 0 Å². The second kappa shape index (κ2) is 9.28. The van der Waals surface area contributed by atoms with Gasteiger partial charge in [0.1, 0.15) is 4.88 Å². The fraction of sp³-hybridized carbons (Fsp3) is 0.769. The molecule has 96 valence electrons. The molecule has 0 bridgehead atoms. The van der Waals surface area contributed by atoms with Gasteiger partial charge in [0.05, 0.1) is 6.20 Å². The predicted molar refractivity (Wildman–Crippen MR) is 71.5 cm³/mol. The van der Waals surface area contributed by atoms with E-state index in [1.165, 1.54) is 56.5 Å². The maximum atomic E-state index is 11.6. The fourth-order valence-electron chi connectivity index (χ4n) is 1.83. The normalized spacial score (nSPS) is 10.6. The molecule has 0 atom stereocenters. The highest BCUT2D eigenvalue weighted by molar-refractivity contribution is 7.07. The Hall–Kier alpha value is -0.770. The fourth-order valence-corrected chi connectivity index (χ4v) is 2.31. The van der Waals surface area contributed by atoms with Crippen molar-refractivity contribution in [2.45, 2.75) is 64.7 Å². The van der Waals surface area contributed by atoms with E-state index in [1.54, 1.807) is 6.20 Å². The lowest BCUT2D eigenvalue weighted by atomic mass is 10.1. The number of carbonyl (C=O) groups is 1. The summed E-state index contributed by atoms with van der Waals surface area (Å²) in [6.45, 7) is 2.24. The van der Waals surface area contributed by atoms with E-state index in [4.69, 9.17) is 0 Å². The molecule has 1 aromatic heterocycles. The smallest absolute Gasteiger partial charge is 0.176 e. The van der Waals surface area contributed by atoms with Gasteiger partial charge in [0.25, 0.3) is 0 Å². The Balaban J connectivity index is 1.92. The monoisotopic (exact) mass is 254 g/mol. The number of ketones is 1. The molecule has 3 nitrogen and oxygen atoms in total. The van der Waals surface area contributed by atoms with Crippen LogP contribution in [0.15, 0.2) is 6.20 Å². The van der Waals surface area contributed by atoms with E-state index in [0.29, 0.717) is 11.3 Å². The van der Waals surface area contributed by atoms with Crippen LogP contribution >= 0.6 is 11.5 Å². The van der Waals surface area contributed by atoms with Crippen LogP contribution in [0.25, 0.3) is 0 Å². The Morgan fingerprint density at radius 1 is 1.12 bits per heavy atom. The number of hydrogen-bond acceptors (Lipinski definition) is 4. The molecular weight excluding hydrogens is 232 g/mol. The largest absolute Gasteiger partial charge is 0.293 e. The van der Waals surface area contributed by atoms with E-state index in [-0.39, 0.29) is 5.78 Å². The first kappa shape index (κ1) is 14.3. The van der Waals surface area contributed by atoms with Crippen LogP contribution in [0, 0.1) is 0 Å². The molecule has 0 unspecified atom stereocenters. The Kier molecular flexibility index (Phi) is 7.80. The molecule has 1 heterocycles. The lowest BCUT2D eigenvalue weighted by Crippen LogP contribution is -1.95. The standard InChI is InChI=1S/C13H22N2OS/c1-2-3-4-5-6-7-8-9-10-12(16)13-11-14-15-17-13/h11H,2-10H2,1H3. The van der Waals surface area contributed by atoms with E-state index >= 15 is 0 Å². The van der Waals surface area contributed by atoms with Crippen LogP contribution in [-0.4, -0.2) is 15.4 Å². The van der Waals surface area contributed by atoms with Crippen molar-refractivity contribution in [1.82, 2.24) is 9.59 Å². The third kappa shape index (κ3) is 6.51. The van der Waals surface area contributed by atoms with Crippen molar-refractivity contribution in [1.29, 1.82) is 0 Å². The first-order valence-electron chi connectivity index (χ1n) is 6.65. The Morgan fingerprint density at radius 3 is 2.35 bits per heavy atom. The third-order valence-corrected chi connectivity index (χ3v) is 3.60. The zero-order valence-electron chi connectivity index (χ0n) is 10.7. The number of hydrogen-bond donors (Lipinski definition) is 0. The molecule has 0 spiro atoms. The average molecular weight is 254 g/mol. The van der Waals surface area contributed by atoms with Crippen molar-refractivity contribution < 1.29 is 4.79 Å². The summed E-state index contributed by atoms with van der Waals surface area (Å²) in [6.07, 6.45) is 12.3. The van der Waals surface area contributed by atoms with Gasteiger partial charge in [-0.1, -0.05) is 56.4 Å². The van der Waals surface area contributed by atoms with Crippen molar-refractivity contribution in [2.75, 3.05) is 0 Å². The van der Waals surface area contributed by atoms with Crippen molar-refractivity contribution in [3.05, 3.63) is 11.1 Å². The Bertz CT molecular complexity index is 298. The molecule has 1 aromatic rings. The average Bonchev–Trinajstić information content (AvgIpc) is 2.86. The van der Waals surface area contributed by atoms with Gasteiger partial charge < -0.3 is 0 Å². The molecule has 1 rings (SSSR count).